The highest BCUT2D eigenvalue weighted by Crippen LogP contribution is 2.25. The van der Waals surface area contributed by atoms with Gasteiger partial charge >= 0.3 is 5.97 Å². The van der Waals surface area contributed by atoms with Crippen molar-refractivity contribution in [2.75, 3.05) is 18.4 Å². The van der Waals surface area contributed by atoms with Crippen LogP contribution in [0, 0.1) is 17.2 Å². The molecule has 1 aliphatic rings. The second-order valence-electron chi connectivity index (χ2n) is 8.02. The second-order valence-corrected chi connectivity index (χ2v) is 9.96. The lowest BCUT2D eigenvalue weighted by Crippen LogP contribution is -2.41. The van der Waals surface area contributed by atoms with Crippen molar-refractivity contribution < 1.29 is 27.5 Å². The van der Waals surface area contributed by atoms with E-state index in [9.17, 15) is 22.8 Å². The van der Waals surface area contributed by atoms with Gasteiger partial charge in [-0.15, -0.1) is 0 Å². The average molecular weight is 484 g/mol. The topological polar surface area (TPSA) is 134 Å². The van der Waals surface area contributed by atoms with E-state index in [0.29, 0.717) is 16.8 Å². The molecule has 0 bridgehead atoms. The van der Waals surface area contributed by atoms with E-state index in [1.807, 2.05) is 6.07 Å². The molecule has 0 radical (unpaired) electrons. The van der Waals surface area contributed by atoms with Crippen molar-refractivity contribution in [3.8, 4) is 6.07 Å². The summed E-state index contributed by atoms with van der Waals surface area (Å²) in [5.74, 6) is -1.86. The first-order chi connectivity index (χ1) is 16.1. The van der Waals surface area contributed by atoms with Gasteiger partial charge in [0.15, 0.2) is 11.9 Å². The smallest absolute Gasteiger partial charge is 0.309 e. The monoisotopic (exact) mass is 483 g/mol. The number of sulfonamides is 1. The van der Waals surface area contributed by atoms with Crippen molar-refractivity contribution in [3.63, 3.8) is 0 Å². The number of Topliss-reactive ketones (excluding diaryl/α,β-unsaturated/α-hetero) is 1. The van der Waals surface area contributed by atoms with Crippen LogP contribution in [0.3, 0.4) is 0 Å². The molecule has 0 spiro atoms. The summed E-state index contributed by atoms with van der Waals surface area (Å²) in [5, 5.41) is 11.6. The first kappa shape index (κ1) is 25.1. The van der Waals surface area contributed by atoms with Gasteiger partial charge in [0, 0.05) is 24.3 Å². The van der Waals surface area contributed by atoms with Crippen molar-refractivity contribution in [3.05, 3.63) is 59.7 Å². The number of nitrogens with one attached hydrogen (secondary N) is 1. The third-order valence-electron chi connectivity index (χ3n) is 5.59. The fourth-order valence-electron chi connectivity index (χ4n) is 3.59. The van der Waals surface area contributed by atoms with Crippen molar-refractivity contribution >= 4 is 33.4 Å². The highest BCUT2D eigenvalue weighted by molar-refractivity contribution is 7.89. The molecule has 1 heterocycles. The molecule has 3 rings (SSSR count). The van der Waals surface area contributed by atoms with E-state index in [0.717, 1.165) is 0 Å². The Morgan fingerprint density at radius 2 is 1.79 bits per heavy atom. The Hall–Kier alpha value is -3.55. The van der Waals surface area contributed by atoms with E-state index in [2.05, 4.69) is 5.32 Å². The largest absolute Gasteiger partial charge is 0.452 e. The van der Waals surface area contributed by atoms with Gasteiger partial charge < -0.3 is 10.1 Å². The first-order valence-corrected chi connectivity index (χ1v) is 12.2. The Morgan fingerprint density at radius 1 is 1.12 bits per heavy atom. The van der Waals surface area contributed by atoms with Crippen molar-refractivity contribution in [1.29, 1.82) is 5.26 Å². The zero-order valence-electron chi connectivity index (χ0n) is 18.9. The predicted molar refractivity (Wildman–Crippen MR) is 123 cm³/mol. The van der Waals surface area contributed by atoms with Crippen LogP contribution in [-0.4, -0.2) is 49.6 Å². The molecule has 1 fully saturated rings. The van der Waals surface area contributed by atoms with Gasteiger partial charge in [0.1, 0.15) is 0 Å². The summed E-state index contributed by atoms with van der Waals surface area (Å²) in [6.07, 6.45) is -0.555. The van der Waals surface area contributed by atoms with E-state index in [4.69, 9.17) is 10.00 Å². The maximum atomic E-state index is 13.0. The van der Waals surface area contributed by atoms with E-state index < -0.39 is 33.9 Å². The van der Waals surface area contributed by atoms with Crippen LogP contribution in [0.5, 0.6) is 0 Å². The Bertz CT molecular complexity index is 1240. The number of carbonyl (C=O) groups is 3. The summed E-state index contributed by atoms with van der Waals surface area (Å²) in [7, 11) is -3.80. The molecule has 0 unspecified atom stereocenters. The van der Waals surface area contributed by atoms with E-state index in [1.165, 1.54) is 42.4 Å². The van der Waals surface area contributed by atoms with Crippen LogP contribution in [0.1, 0.15) is 42.6 Å². The minimum absolute atomic E-state index is 0.0342. The van der Waals surface area contributed by atoms with Gasteiger partial charge in [-0.2, -0.15) is 9.57 Å². The number of benzene rings is 2. The minimum Gasteiger partial charge on any atom is -0.452 e. The van der Waals surface area contributed by atoms with Crippen LogP contribution >= 0.6 is 0 Å². The van der Waals surface area contributed by atoms with Crippen LogP contribution < -0.4 is 5.32 Å². The summed E-state index contributed by atoms with van der Waals surface area (Å²) in [4.78, 5) is 36.5. The van der Waals surface area contributed by atoms with E-state index in [-0.39, 0.29) is 36.6 Å². The zero-order chi connectivity index (χ0) is 24.9. The van der Waals surface area contributed by atoms with Crippen LogP contribution in [0.4, 0.5) is 5.69 Å². The number of hydrogen-bond donors (Lipinski definition) is 1. The molecule has 9 nitrogen and oxygen atoms in total. The number of amides is 1. The quantitative estimate of drug-likeness (QED) is 0.473. The SMILES string of the molecule is CC(=O)c1cccc(S(=O)(=O)N2CCC(C(=O)O[C@H](C)C(=O)Nc3cccc(C#N)c3)CC2)c1. The number of ketones is 1. The summed E-state index contributed by atoms with van der Waals surface area (Å²) < 4.78 is 32.5. The predicted octanol–water partition coefficient (Wildman–Crippen LogP) is 2.73. The van der Waals surface area contributed by atoms with Crippen LogP contribution in [0.15, 0.2) is 53.4 Å². The highest BCUT2D eigenvalue weighted by Gasteiger charge is 2.34. The lowest BCUT2D eigenvalue weighted by Gasteiger charge is -2.30. The molecule has 1 amide bonds. The molecule has 0 aromatic heterocycles. The normalized spacial score (nSPS) is 15.7. The number of anilines is 1. The molecule has 1 N–H and O–H groups in total. The molecule has 178 valence electrons. The Morgan fingerprint density at radius 3 is 2.44 bits per heavy atom. The van der Waals surface area contributed by atoms with Crippen molar-refractivity contribution in [2.24, 2.45) is 5.92 Å². The summed E-state index contributed by atoms with van der Waals surface area (Å²) >= 11 is 0. The number of rotatable bonds is 7. The first-order valence-electron chi connectivity index (χ1n) is 10.7. The number of ether oxygens (including phenoxy) is 1. The van der Waals surface area contributed by atoms with Crippen molar-refractivity contribution in [1.82, 2.24) is 4.31 Å². The van der Waals surface area contributed by atoms with Crippen LogP contribution in [0.25, 0.3) is 0 Å². The van der Waals surface area contributed by atoms with Gasteiger partial charge in [0.2, 0.25) is 10.0 Å². The number of hydrogen-bond acceptors (Lipinski definition) is 7. The lowest BCUT2D eigenvalue weighted by atomic mass is 9.98. The second kappa shape index (κ2) is 10.6. The lowest BCUT2D eigenvalue weighted by molar-refractivity contribution is -0.158. The summed E-state index contributed by atoms with van der Waals surface area (Å²) in [5.41, 5.74) is 1.11. The molecular weight excluding hydrogens is 458 g/mol. The molecule has 0 saturated carbocycles. The van der Waals surface area contributed by atoms with Gasteiger partial charge in [0.05, 0.1) is 22.4 Å². The highest BCUT2D eigenvalue weighted by atomic mass is 32.2. The third-order valence-corrected chi connectivity index (χ3v) is 7.48. The average Bonchev–Trinajstić information content (AvgIpc) is 2.84. The van der Waals surface area contributed by atoms with Gasteiger partial charge in [-0.25, -0.2) is 8.42 Å². The van der Waals surface area contributed by atoms with Gasteiger partial charge in [-0.05, 0) is 57.0 Å². The third kappa shape index (κ3) is 5.87. The van der Waals surface area contributed by atoms with Crippen LogP contribution in [0.2, 0.25) is 0 Å². The van der Waals surface area contributed by atoms with Gasteiger partial charge in [0.25, 0.3) is 5.91 Å². The molecule has 34 heavy (non-hydrogen) atoms. The van der Waals surface area contributed by atoms with E-state index in [1.54, 1.807) is 24.3 Å². The number of nitriles is 1. The Kier molecular flexibility index (Phi) is 7.81. The van der Waals surface area contributed by atoms with Gasteiger partial charge in [-0.1, -0.05) is 18.2 Å². The van der Waals surface area contributed by atoms with Gasteiger partial charge in [-0.3, -0.25) is 14.4 Å². The number of piperidine rings is 1. The zero-order valence-corrected chi connectivity index (χ0v) is 19.7. The number of esters is 1. The number of carbonyl (C=O) groups excluding carboxylic acids is 3. The Balaban J connectivity index is 1.55. The molecule has 2 aromatic rings. The Labute approximate surface area is 198 Å². The molecule has 1 aliphatic heterocycles. The minimum atomic E-state index is -3.80. The van der Waals surface area contributed by atoms with Crippen LogP contribution in [-0.2, 0) is 24.3 Å². The maximum absolute atomic E-state index is 13.0. The summed E-state index contributed by atoms with van der Waals surface area (Å²) in [6, 6.07) is 14.2. The molecule has 1 saturated heterocycles. The van der Waals surface area contributed by atoms with E-state index >= 15 is 0 Å². The van der Waals surface area contributed by atoms with Crippen molar-refractivity contribution in [2.45, 2.75) is 37.7 Å². The molecule has 1 atom stereocenters. The number of nitrogens with zero attached hydrogens (tertiary/aromatic N) is 2. The maximum Gasteiger partial charge on any atom is 0.309 e. The fourth-order valence-corrected chi connectivity index (χ4v) is 5.11. The molecule has 0 aliphatic carbocycles. The fraction of sp³-hybridized carbons (Fsp3) is 0.333. The summed E-state index contributed by atoms with van der Waals surface area (Å²) in [6.45, 7) is 3.05. The molecular formula is C24H25N3O6S. The molecule has 10 heteroatoms. The standard InChI is InChI=1S/C24H25N3O6S/c1-16(28)20-6-4-8-22(14-20)34(31,32)27-11-9-19(10-12-27)24(30)33-17(2)23(29)26-21-7-3-5-18(13-21)15-25/h3-8,13-14,17,19H,9-12H2,1-2H3,(H,26,29)/t17-/m1/s1. The molecule has 2 aromatic carbocycles.